The molecule has 0 saturated carbocycles. The normalized spacial score (nSPS) is 22.8. The molecule has 130 valence electrons. The van der Waals surface area contributed by atoms with Crippen molar-refractivity contribution in [2.45, 2.75) is 25.2 Å². The summed E-state index contributed by atoms with van der Waals surface area (Å²) in [6, 6.07) is 25.2. The fourth-order valence-corrected chi connectivity index (χ4v) is 5.91. The topological polar surface area (TPSA) is 0 Å². The molecule has 0 fully saturated rings. The zero-order chi connectivity index (χ0) is 18.2. The summed E-state index contributed by atoms with van der Waals surface area (Å²) in [6.07, 6.45) is 7.27. The molecule has 2 atom stereocenters. The van der Waals surface area contributed by atoms with Crippen LogP contribution in [0.3, 0.4) is 0 Å². The number of benzene rings is 3. The molecule has 6 rings (SSSR count). The third kappa shape index (κ3) is 1.74. The second-order valence-corrected chi connectivity index (χ2v) is 8.31. The Kier molecular flexibility index (Phi) is 2.88. The fraction of sp³-hybridized carbons (Fsp3) is 0.185. The van der Waals surface area contributed by atoms with E-state index in [0.29, 0.717) is 11.8 Å². The van der Waals surface area contributed by atoms with E-state index < -0.39 is 0 Å². The Balaban J connectivity index is 1.81. The van der Waals surface area contributed by atoms with Gasteiger partial charge in [0.25, 0.3) is 0 Å². The number of fused-ring (bicyclic) bond motifs is 10. The minimum Gasteiger partial charge on any atom is -0.0761 e. The van der Waals surface area contributed by atoms with Crippen molar-refractivity contribution in [2.24, 2.45) is 5.92 Å². The van der Waals surface area contributed by atoms with Gasteiger partial charge in [-0.25, -0.2) is 0 Å². The lowest BCUT2D eigenvalue weighted by atomic mass is 9.65. The number of hydrogen-bond donors (Lipinski definition) is 0. The first-order chi connectivity index (χ1) is 13.2. The first kappa shape index (κ1) is 15.2. The van der Waals surface area contributed by atoms with Crippen LogP contribution >= 0.6 is 0 Å². The van der Waals surface area contributed by atoms with Gasteiger partial charge in [-0.15, -0.1) is 0 Å². The van der Waals surface area contributed by atoms with Gasteiger partial charge >= 0.3 is 0 Å². The van der Waals surface area contributed by atoms with Gasteiger partial charge in [-0.05, 0) is 47.2 Å². The highest BCUT2D eigenvalue weighted by Crippen LogP contribution is 2.65. The van der Waals surface area contributed by atoms with Crippen LogP contribution in [0, 0.1) is 12.8 Å². The molecule has 0 nitrogen and oxygen atoms in total. The summed E-state index contributed by atoms with van der Waals surface area (Å²) in [5.41, 5.74) is 11.4. The highest BCUT2D eigenvalue weighted by Gasteiger charge is 2.57. The molecule has 3 aromatic rings. The summed E-state index contributed by atoms with van der Waals surface area (Å²) >= 11 is 0. The average Bonchev–Trinajstić information content (AvgIpc) is 3.14. The highest BCUT2D eigenvalue weighted by atomic mass is 14.6. The SMILES string of the molecule is CC1=CC2C(C=C1)c1ccc(C)cc1C21c2ccccc2-c2ccccc21. The van der Waals surface area contributed by atoms with E-state index in [-0.39, 0.29) is 5.41 Å². The van der Waals surface area contributed by atoms with Crippen molar-refractivity contribution < 1.29 is 0 Å². The molecule has 0 saturated heterocycles. The van der Waals surface area contributed by atoms with E-state index in [1.165, 1.54) is 44.5 Å². The van der Waals surface area contributed by atoms with E-state index >= 15 is 0 Å². The number of allylic oxidation sites excluding steroid dienone is 4. The van der Waals surface area contributed by atoms with E-state index in [1.54, 1.807) is 0 Å². The van der Waals surface area contributed by atoms with Crippen molar-refractivity contribution >= 4 is 0 Å². The summed E-state index contributed by atoms with van der Waals surface area (Å²) < 4.78 is 0. The van der Waals surface area contributed by atoms with Gasteiger partial charge in [0.2, 0.25) is 0 Å². The average molecular weight is 346 g/mol. The van der Waals surface area contributed by atoms with Gasteiger partial charge in [0.1, 0.15) is 0 Å². The lowest BCUT2D eigenvalue weighted by Crippen LogP contribution is -2.33. The third-order valence-electron chi connectivity index (χ3n) is 6.88. The Morgan fingerprint density at radius 3 is 2.11 bits per heavy atom. The van der Waals surface area contributed by atoms with Gasteiger partial charge in [0.05, 0.1) is 5.41 Å². The molecule has 0 heterocycles. The zero-order valence-electron chi connectivity index (χ0n) is 15.7. The molecule has 3 aliphatic rings. The Hall–Kier alpha value is -2.86. The van der Waals surface area contributed by atoms with Gasteiger partial charge in [-0.2, -0.15) is 0 Å². The van der Waals surface area contributed by atoms with Crippen LogP contribution in [0.15, 0.2) is 90.5 Å². The van der Waals surface area contributed by atoms with Crippen LogP contribution in [-0.4, -0.2) is 0 Å². The number of hydrogen-bond acceptors (Lipinski definition) is 0. The molecule has 27 heavy (non-hydrogen) atoms. The van der Waals surface area contributed by atoms with E-state index in [9.17, 15) is 0 Å². The first-order valence-electron chi connectivity index (χ1n) is 9.88. The highest BCUT2D eigenvalue weighted by molar-refractivity contribution is 5.85. The van der Waals surface area contributed by atoms with Crippen LogP contribution in [0.25, 0.3) is 11.1 Å². The van der Waals surface area contributed by atoms with Crippen molar-refractivity contribution in [2.75, 3.05) is 0 Å². The molecule has 0 N–H and O–H groups in total. The van der Waals surface area contributed by atoms with Crippen molar-refractivity contribution in [3.8, 4) is 11.1 Å². The molecule has 0 aliphatic heterocycles. The summed E-state index contributed by atoms with van der Waals surface area (Å²) in [6.45, 7) is 4.46. The third-order valence-corrected chi connectivity index (χ3v) is 6.88. The predicted molar refractivity (Wildman–Crippen MR) is 112 cm³/mol. The van der Waals surface area contributed by atoms with Gasteiger partial charge < -0.3 is 0 Å². The second-order valence-electron chi connectivity index (χ2n) is 8.31. The van der Waals surface area contributed by atoms with Gasteiger partial charge in [-0.3, -0.25) is 0 Å². The molecule has 0 amide bonds. The van der Waals surface area contributed by atoms with Crippen LogP contribution in [0.1, 0.15) is 40.7 Å². The van der Waals surface area contributed by atoms with Crippen molar-refractivity contribution in [3.63, 3.8) is 0 Å². The lowest BCUT2D eigenvalue weighted by Gasteiger charge is -2.36. The minimum absolute atomic E-state index is 0.0781. The molecule has 3 aliphatic carbocycles. The molecule has 0 bridgehead atoms. The number of aryl methyl sites for hydroxylation is 1. The van der Waals surface area contributed by atoms with Crippen LogP contribution in [0.5, 0.6) is 0 Å². The van der Waals surface area contributed by atoms with Gasteiger partial charge in [0.15, 0.2) is 0 Å². The molecular weight excluding hydrogens is 324 g/mol. The maximum absolute atomic E-state index is 2.53. The monoisotopic (exact) mass is 346 g/mol. The Morgan fingerprint density at radius 1 is 0.741 bits per heavy atom. The first-order valence-corrected chi connectivity index (χ1v) is 9.88. The maximum atomic E-state index is 2.53. The van der Waals surface area contributed by atoms with E-state index in [4.69, 9.17) is 0 Å². The Morgan fingerprint density at radius 2 is 1.41 bits per heavy atom. The Bertz CT molecular complexity index is 1110. The minimum atomic E-state index is -0.0781. The summed E-state index contributed by atoms with van der Waals surface area (Å²) in [5, 5.41) is 0. The lowest BCUT2D eigenvalue weighted by molar-refractivity contribution is 0.463. The summed E-state index contributed by atoms with van der Waals surface area (Å²) in [4.78, 5) is 0. The Labute approximate surface area is 160 Å². The van der Waals surface area contributed by atoms with Crippen LogP contribution in [-0.2, 0) is 5.41 Å². The van der Waals surface area contributed by atoms with Crippen LogP contribution in [0.2, 0.25) is 0 Å². The maximum Gasteiger partial charge on any atom is 0.0538 e. The van der Waals surface area contributed by atoms with Gasteiger partial charge in [0, 0.05) is 11.8 Å². The van der Waals surface area contributed by atoms with Gasteiger partial charge in [-0.1, -0.05) is 96.1 Å². The molecular formula is C27H22. The molecule has 0 heteroatoms. The van der Waals surface area contributed by atoms with E-state index in [1.807, 2.05) is 0 Å². The molecule has 0 aromatic heterocycles. The zero-order valence-corrected chi connectivity index (χ0v) is 15.7. The van der Waals surface area contributed by atoms with Crippen LogP contribution in [0.4, 0.5) is 0 Å². The largest absolute Gasteiger partial charge is 0.0761 e. The van der Waals surface area contributed by atoms with Crippen molar-refractivity contribution in [1.82, 2.24) is 0 Å². The smallest absolute Gasteiger partial charge is 0.0538 e. The van der Waals surface area contributed by atoms with Crippen LogP contribution < -0.4 is 0 Å². The molecule has 0 radical (unpaired) electrons. The van der Waals surface area contributed by atoms with E-state index in [0.717, 1.165) is 0 Å². The van der Waals surface area contributed by atoms with E-state index in [2.05, 4.69) is 98.8 Å². The van der Waals surface area contributed by atoms with Crippen molar-refractivity contribution in [1.29, 1.82) is 0 Å². The second kappa shape index (κ2) is 5.10. The number of rotatable bonds is 0. The quantitative estimate of drug-likeness (QED) is 0.433. The summed E-state index contributed by atoms with van der Waals surface area (Å²) in [7, 11) is 0. The molecule has 3 aromatic carbocycles. The van der Waals surface area contributed by atoms with Crippen molar-refractivity contribution in [3.05, 3.63) is 118 Å². The molecule has 1 spiro atoms. The molecule has 2 unspecified atom stereocenters. The predicted octanol–water partition coefficient (Wildman–Crippen LogP) is 6.54. The fourth-order valence-electron chi connectivity index (χ4n) is 5.91. The standard InChI is InChI=1S/C27H22/c1-17-11-13-21-22-14-12-18(2)16-26(22)27(25(21)15-17)23-9-5-3-7-19(23)20-8-4-6-10-24(20)27/h3-16,21,25H,1-2H3. The summed E-state index contributed by atoms with van der Waals surface area (Å²) in [5.74, 6) is 0.882.